The minimum Gasteiger partial charge on any atom is -0.453 e. The van der Waals surface area contributed by atoms with Crippen LogP contribution in [0.25, 0.3) is 0 Å². The molecule has 0 spiro atoms. The molecule has 128 valence electrons. The molecule has 0 unspecified atom stereocenters. The van der Waals surface area contributed by atoms with Crippen molar-refractivity contribution in [2.75, 3.05) is 27.2 Å². The highest BCUT2D eigenvalue weighted by Gasteiger charge is 2.19. The van der Waals surface area contributed by atoms with E-state index in [0.29, 0.717) is 5.75 Å². The molecular weight excluding hydrogens is 294 g/mol. The molecule has 5 heteroatoms. The van der Waals surface area contributed by atoms with Crippen molar-refractivity contribution < 1.29 is 19.1 Å². The molecule has 23 heavy (non-hydrogen) atoms. The summed E-state index contributed by atoms with van der Waals surface area (Å²) in [5.41, 5.74) is 1.95. The first-order valence-corrected chi connectivity index (χ1v) is 7.86. The zero-order valence-electron chi connectivity index (χ0n) is 14.9. The van der Waals surface area contributed by atoms with Gasteiger partial charge in [0, 0.05) is 0 Å². The van der Waals surface area contributed by atoms with Crippen LogP contribution in [0.4, 0.5) is 0 Å². The van der Waals surface area contributed by atoms with Gasteiger partial charge in [-0.1, -0.05) is 45.9 Å². The number of benzene rings is 1. The van der Waals surface area contributed by atoms with Crippen LogP contribution in [0.3, 0.4) is 0 Å². The van der Waals surface area contributed by atoms with E-state index in [4.69, 9.17) is 9.47 Å². The molecule has 0 radical (unpaired) electrons. The highest BCUT2D eigenvalue weighted by atomic mass is 16.6. The number of nitrogens with zero attached hydrogens (tertiary/aromatic N) is 1. The minimum absolute atomic E-state index is 0.132. The summed E-state index contributed by atoms with van der Waals surface area (Å²) in [4.78, 5) is 25.2. The molecule has 0 fully saturated rings. The van der Waals surface area contributed by atoms with Crippen molar-refractivity contribution >= 4 is 11.9 Å². The van der Waals surface area contributed by atoms with Crippen LogP contribution in [0.15, 0.2) is 18.2 Å². The Kier molecular flexibility index (Phi) is 7.23. The van der Waals surface area contributed by atoms with Crippen LogP contribution in [0.1, 0.15) is 50.7 Å². The summed E-state index contributed by atoms with van der Waals surface area (Å²) >= 11 is 0. The average molecular weight is 321 g/mol. The number of likely N-dealkylation sites (N-methyl/N-ethyl adjacent to an activating group) is 1. The van der Waals surface area contributed by atoms with Crippen molar-refractivity contribution in [3.8, 4) is 5.75 Å². The first-order chi connectivity index (χ1) is 10.7. The number of carbonyl (C=O) groups is 2. The zero-order valence-corrected chi connectivity index (χ0v) is 14.9. The lowest BCUT2D eigenvalue weighted by Crippen LogP contribution is -2.27. The maximum atomic E-state index is 12.0. The lowest BCUT2D eigenvalue weighted by molar-refractivity contribution is -0.154. The van der Waals surface area contributed by atoms with Crippen LogP contribution in [0, 0.1) is 0 Å². The third kappa shape index (κ3) is 6.02. The van der Waals surface area contributed by atoms with Gasteiger partial charge in [0.05, 0.1) is 6.54 Å². The second-order valence-electron chi connectivity index (χ2n) is 6.45. The molecule has 0 saturated heterocycles. The number of ether oxygens (including phenoxy) is 2. The second-order valence-corrected chi connectivity index (χ2v) is 6.45. The van der Waals surface area contributed by atoms with Crippen molar-refractivity contribution in [1.29, 1.82) is 0 Å². The summed E-state index contributed by atoms with van der Waals surface area (Å²) in [6.45, 7) is 7.95. The van der Waals surface area contributed by atoms with Gasteiger partial charge in [0.2, 0.25) is 0 Å². The highest BCUT2D eigenvalue weighted by Crippen LogP contribution is 2.34. The van der Waals surface area contributed by atoms with E-state index >= 15 is 0 Å². The first-order valence-electron chi connectivity index (χ1n) is 7.86. The third-order valence-electron chi connectivity index (χ3n) is 3.33. The van der Waals surface area contributed by atoms with Crippen molar-refractivity contribution in [2.45, 2.75) is 39.5 Å². The summed E-state index contributed by atoms with van der Waals surface area (Å²) in [7, 11) is 3.51. The second kappa shape index (κ2) is 8.67. The van der Waals surface area contributed by atoms with Gasteiger partial charge < -0.3 is 9.47 Å². The van der Waals surface area contributed by atoms with Crippen molar-refractivity contribution in [3.63, 3.8) is 0 Å². The molecule has 0 aliphatic rings. The molecule has 0 atom stereocenters. The van der Waals surface area contributed by atoms with E-state index in [0.717, 1.165) is 11.1 Å². The topological polar surface area (TPSA) is 55.8 Å². The summed E-state index contributed by atoms with van der Waals surface area (Å²) in [6.07, 6.45) is 0. The Bertz CT molecular complexity index is 524. The first kappa shape index (κ1) is 19.2. The molecule has 0 saturated carbocycles. The van der Waals surface area contributed by atoms with E-state index < -0.39 is 11.9 Å². The minimum atomic E-state index is -0.563. The molecule has 5 nitrogen and oxygen atoms in total. The monoisotopic (exact) mass is 321 g/mol. The van der Waals surface area contributed by atoms with E-state index in [9.17, 15) is 9.59 Å². The van der Waals surface area contributed by atoms with Gasteiger partial charge in [0.25, 0.3) is 0 Å². The summed E-state index contributed by atoms with van der Waals surface area (Å²) in [5.74, 6) is 0.0343. The smallest absolute Gasteiger partial charge is 0.349 e. The van der Waals surface area contributed by atoms with Crippen LogP contribution in [-0.4, -0.2) is 44.1 Å². The van der Waals surface area contributed by atoms with Gasteiger partial charge in [-0.05, 0) is 37.1 Å². The third-order valence-corrected chi connectivity index (χ3v) is 3.33. The summed E-state index contributed by atoms with van der Waals surface area (Å²) in [5, 5.41) is 0. The number of hydrogen-bond acceptors (Lipinski definition) is 5. The average Bonchev–Trinajstić information content (AvgIpc) is 2.44. The predicted molar refractivity (Wildman–Crippen MR) is 89.8 cm³/mol. The highest BCUT2D eigenvalue weighted by molar-refractivity contribution is 5.79. The van der Waals surface area contributed by atoms with Crippen LogP contribution >= 0.6 is 0 Å². The molecule has 1 aromatic carbocycles. The maximum Gasteiger partial charge on any atom is 0.349 e. The van der Waals surface area contributed by atoms with Gasteiger partial charge in [0.1, 0.15) is 5.75 Å². The Hall–Kier alpha value is -1.88. The van der Waals surface area contributed by atoms with E-state index in [1.54, 1.807) is 19.0 Å². The summed E-state index contributed by atoms with van der Waals surface area (Å²) < 4.78 is 10.5. The number of carbonyl (C=O) groups excluding carboxylic acids is 2. The number of esters is 2. The fourth-order valence-corrected chi connectivity index (χ4v) is 2.19. The number of hydrogen-bond donors (Lipinski definition) is 0. The zero-order chi connectivity index (χ0) is 17.6. The Labute approximate surface area is 138 Å². The van der Waals surface area contributed by atoms with E-state index in [-0.39, 0.29) is 25.0 Å². The molecule has 1 rings (SSSR count). The van der Waals surface area contributed by atoms with E-state index in [1.165, 1.54) is 0 Å². The Morgan fingerprint density at radius 1 is 1.00 bits per heavy atom. The van der Waals surface area contributed by atoms with Crippen LogP contribution in [0.5, 0.6) is 5.75 Å². The quantitative estimate of drug-likeness (QED) is 0.571. The molecule has 0 aliphatic carbocycles. The SMILES string of the molecule is CC(C)c1cccc(C(C)C)c1OC(=O)COC(=O)CN(C)C. The standard InChI is InChI=1S/C18H27NO4/c1-12(2)14-8-7-9-15(13(3)4)18(14)23-17(21)11-22-16(20)10-19(5)6/h7-9,12-13H,10-11H2,1-6H3. The van der Waals surface area contributed by atoms with E-state index in [2.05, 4.69) is 0 Å². The summed E-state index contributed by atoms with van der Waals surface area (Å²) in [6, 6.07) is 5.88. The van der Waals surface area contributed by atoms with Gasteiger partial charge in [0.15, 0.2) is 6.61 Å². The molecule has 0 aliphatic heterocycles. The largest absolute Gasteiger partial charge is 0.453 e. The van der Waals surface area contributed by atoms with Crippen LogP contribution in [-0.2, 0) is 14.3 Å². The molecule has 0 N–H and O–H groups in total. The molecule has 0 amide bonds. The molecule has 1 aromatic rings. The molecular formula is C18H27NO4. The fourth-order valence-electron chi connectivity index (χ4n) is 2.19. The van der Waals surface area contributed by atoms with Crippen molar-refractivity contribution in [3.05, 3.63) is 29.3 Å². The number of rotatable bonds is 7. The Morgan fingerprint density at radius 2 is 1.52 bits per heavy atom. The van der Waals surface area contributed by atoms with E-state index in [1.807, 2.05) is 45.9 Å². The van der Waals surface area contributed by atoms with Crippen molar-refractivity contribution in [2.24, 2.45) is 0 Å². The molecule has 0 bridgehead atoms. The normalized spacial score (nSPS) is 11.2. The lowest BCUT2D eigenvalue weighted by atomic mass is 9.94. The molecule has 0 aromatic heterocycles. The van der Waals surface area contributed by atoms with Gasteiger partial charge in [-0.15, -0.1) is 0 Å². The molecule has 0 heterocycles. The Balaban J connectivity index is 2.82. The lowest BCUT2D eigenvalue weighted by Gasteiger charge is -2.19. The Morgan fingerprint density at radius 3 is 1.96 bits per heavy atom. The number of para-hydroxylation sites is 1. The maximum absolute atomic E-state index is 12.0. The van der Waals surface area contributed by atoms with Crippen LogP contribution in [0.2, 0.25) is 0 Å². The van der Waals surface area contributed by atoms with Gasteiger partial charge in [-0.2, -0.15) is 0 Å². The van der Waals surface area contributed by atoms with Gasteiger partial charge in [-0.25, -0.2) is 4.79 Å². The van der Waals surface area contributed by atoms with Gasteiger partial charge >= 0.3 is 11.9 Å². The van der Waals surface area contributed by atoms with Crippen molar-refractivity contribution in [1.82, 2.24) is 4.90 Å². The van der Waals surface area contributed by atoms with Crippen LogP contribution < -0.4 is 4.74 Å². The fraction of sp³-hybridized carbons (Fsp3) is 0.556. The predicted octanol–water partition coefficient (Wildman–Crippen LogP) is 2.94. The van der Waals surface area contributed by atoms with Gasteiger partial charge in [-0.3, -0.25) is 9.69 Å².